The molecule has 1 fully saturated rings. The van der Waals surface area contributed by atoms with Gasteiger partial charge in [0.15, 0.2) is 5.82 Å². The van der Waals surface area contributed by atoms with E-state index in [-0.39, 0.29) is 0 Å². The van der Waals surface area contributed by atoms with E-state index in [0.29, 0.717) is 18.1 Å². The zero-order valence-electron chi connectivity index (χ0n) is 22.2. The van der Waals surface area contributed by atoms with Gasteiger partial charge in [-0.3, -0.25) is 0 Å². The van der Waals surface area contributed by atoms with Gasteiger partial charge in [-0.05, 0) is 44.6 Å². The summed E-state index contributed by atoms with van der Waals surface area (Å²) in [6.45, 7) is 7.69. The molecule has 0 bridgehead atoms. The van der Waals surface area contributed by atoms with Crippen molar-refractivity contribution >= 4 is 40.7 Å². The molecular formula is C28H35N6O2P. The van der Waals surface area contributed by atoms with E-state index >= 15 is 0 Å². The first-order valence-electron chi connectivity index (χ1n) is 12.6. The predicted octanol–water partition coefficient (Wildman–Crippen LogP) is 4.31. The summed E-state index contributed by atoms with van der Waals surface area (Å²) in [5.41, 5.74) is 4.77. The lowest BCUT2D eigenvalue weighted by molar-refractivity contribution is 0.312. The number of nitrogens with zero attached hydrogens (tertiary/aromatic N) is 5. The number of nitrogens with one attached hydrogen (secondary N) is 1. The molecule has 0 aliphatic carbocycles. The van der Waals surface area contributed by atoms with E-state index in [1.54, 1.807) is 20.4 Å². The highest BCUT2D eigenvalue weighted by Gasteiger charge is 2.20. The molecule has 1 aliphatic rings. The quantitative estimate of drug-likeness (QED) is 0.366. The number of aromatic nitrogens is 3. The smallest absolute Gasteiger partial charge is 0.158 e. The first-order valence-corrected chi connectivity index (χ1v) is 15.2. The van der Waals surface area contributed by atoms with Gasteiger partial charge in [-0.1, -0.05) is 18.2 Å². The van der Waals surface area contributed by atoms with Crippen LogP contribution in [0.2, 0.25) is 0 Å². The Balaban J connectivity index is 1.48. The summed E-state index contributed by atoms with van der Waals surface area (Å²) >= 11 is 0. The standard InChI is InChI=1S/C28H35N6O2P/c1-32-14-16-34(17-15-32)21-11-10-20(24(19-21)36-3)18-26-29-23-12-13-33(2)27(23)28(31-26)30-22-8-6-7-9-25(22)37(4,5)35/h6-13,19H,14-18H2,1-5H3,(H,29,30,31). The van der Waals surface area contributed by atoms with Crippen LogP contribution in [0.5, 0.6) is 5.75 Å². The minimum Gasteiger partial charge on any atom is -0.496 e. The van der Waals surface area contributed by atoms with Crippen LogP contribution in [-0.4, -0.2) is 73.1 Å². The fourth-order valence-electron chi connectivity index (χ4n) is 4.89. The Hall–Kier alpha value is -3.35. The van der Waals surface area contributed by atoms with E-state index in [1.165, 1.54) is 5.69 Å². The predicted molar refractivity (Wildman–Crippen MR) is 153 cm³/mol. The maximum atomic E-state index is 12.9. The van der Waals surface area contributed by atoms with Crippen molar-refractivity contribution in [2.45, 2.75) is 6.42 Å². The van der Waals surface area contributed by atoms with Gasteiger partial charge in [0.25, 0.3) is 0 Å². The SMILES string of the molecule is COc1cc(N2CCN(C)CC2)ccc1Cc1nc(Nc2ccccc2P(C)(C)=O)c2c(ccn2C)n1. The second-order valence-electron chi connectivity index (χ2n) is 10.1. The fraction of sp³-hybridized carbons (Fsp3) is 0.357. The Kier molecular flexibility index (Phi) is 6.97. The molecule has 9 heteroatoms. The van der Waals surface area contributed by atoms with E-state index in [4.69, 9.17) is 14.7 Å². The second kappa shape index (κ2) is 10.2. The van der Waals surface area contributed by atoms with E-state index in [2.05, 4.69) is 40.4 Å². The number of likely N-dealkylation sites (N-methyl/N-ethyl adjacent to an activating group) is 1. The van der Waals surface area contributed by atoms with Gasteiger partial charge in [0.1, 0.15) is 24.2 Å². The maximum absolute atomic E-state index is 12.9. The van der Waals surface area contributed by atoms with E-state index in [9.17, 15) is 4.57 Å². The van der Waals surface area contributed by atoms with Crippen molar-refractivity contribution in [2.24, 2.45) is 7.05 Å². The molecule has 5 rings (SSSR count). The molecule has 1 aliphatic heterocycles. The highest BCUT2D eigenvalue weighted by atomic mass is 31.2. The van der Waals surface area contributed by atoms with Crippen molar-refractivity contribution < 1.29 is 9.30 Å². The molecule has 0 amide bonds. The summed E-state index contributed by atoms with van der Waals surface area (Å²) in [4.78, 5) is 14.6. The van der Waals surface area contributed by atoms with Crippen LogP contribution >= 0.6 is 7.14 Å². The number of para-hydroxylation sites is 1. The Morgan fingerprint density at radius 3 is 2.49 bits per heavy atom. The van der Waals surface area contributed by atoms with Crippen molar-refractivity contribution in [1.29, 1.82) is 0 Å². The third-order valence-corrected chi connectivity index (χ3v) is 8.54. The summed E-state index contributed by atoms with van der Waals surface area (Å²) in [5, 5.41) is 4.28. The molecule has 194 valence electrons. The summed E-state index contributed by atoms with van der Waals surface area (Å²) in [6, 6.07) is 16.1. The van der Waals surface area contributed by atoms with Crippen molar-refractivity contribution in [3.63, 3.8) is 0 Å². The third kappa shape index (κ3) is 5.36. The van der Waals surface area contributed by atoms with Gasteiger partial charge in [-0.15, -0.1) is 0 Å². The lowest BCUT2D eigenvalue weighted by Crippen LogP contribution is -2.44. The van der Waals surface area contributed by atoms with Crippen LogP contribution in [0.4, 0.5) is 17.2 Å². The first-order chi connectivity index (χ1) is 17.7. The topological polar surface area (TPSA) is 75.5 Å². The van der Waals surface area contributed by atoms with Gasteiger partial charge >= 0.3 is 0 Å². The summed E-state index contributed by atoms with van der Waals surface area (Å²) in [7, 11) is 3.37. The number of hydrogen-bond donors (Lipinski definition) is 1. The number of methoxy groups -OCH3 is 1. The first kappa shape index (κ1) is 25.3. The van der Waals surface area contributed by atoms with Crippen LogP contribution in [0.3, 0.4) is 0 Å². The largest absolute Gasteiger partial charge is 0.496 e. The van der Waals surface area contributed by atoms with Crippen LogP contribution in [-0.2, 0) is 18.0 Å². The van der Waals surface area contributed by atoms with E-state index < -0.39 is 7.14 Å². The number of anilines is 3. The van der Waals surface area contributed by atoms with Gasteiger partial charge in [-0.2, -0.15) is 0 Å². The molecule has 0 atom stereocenters. The van der Waals surface area contributed by atoms with Crippen LogP contribution in [0, 0.1) is 0 Å². The van der Waals surface area contributed by atoms with Crippen LogP contribution in [0.15, 0.2) is 54.7 Å². The number of piperazine rings is 1. The number of rotatable bonds is 7. The van der Waals surface area contributed by atoms with E-state index in [0.717, 1.165) is 59.5 Å². The fourth-order valence-corrected chi connectivity index (χ4v) is 6.05. The molecular weight excluding hydrogens is 483 g/mol. The molecule has 37 heavy (non-hydrogen) atoms. The zero-order chi connectivity index (χ0) is 26.2. The van der Waals surface area contributed by atoms with Crippen molar-refractivity contribution in [2.75, 3.05) is 63.9 Å². The number of ether oxygens (including phenoxy) is 1. The number of hydrogen-bond acceptors (Lipinski definition) is 7. The van der Waals surface area contributed by atoms with Crippen LogP contribution in [0.1, 0.15) is 11.4 Å². The van der Waals surface area contributed by atoms with Crippen molar-refractivity contribution in [3.8, 4) is 5.75 Å². The number of aryl methyl sites for hydroxylation is 1. The third-order valence-electron chi connectivity index (χ3n) is 6.99. The monoisotopic (exact) mass is 518 g/mol. The molecule has 1 saturated heterocycles. The second-order valence-corrected chi connectivity index (χ2v) is 13.3. The lowest BCUT2D eigenvalue weighted by Gasteiger charge is -2.34. The molecule has 2 aromatic heterocycles. The molecule has 3 heterocycles. The summed E-state index contributed by atoms with van der Waals surface area (Å²) in [5.74, 6) is 2.23. The Bertz CT molecular complexity index is 1470. The highest BCUT2D eigenvalue weighted by Crippen LogP contribution is 2.38. The Morgan fingerprint density at radius 1 is 1.00 bits per heavy atom. The molecule has 4 aromatic rings. The average Bonchev–Trinajstić information content (AvgIpc) is 3.25. The minimum atomic E-state index is -2.48. The van der Waals surface area contributed by atoms with Gasteiger partial charge in [0, 0.05) is 68.5 Å². The number of benzene rings is 2. The Labute approximate surface area is 218 Å². The lowest BCUT2D eigenvalue weighted by atomic mass is 10.1. The molecule has 8 nitrogen and oxygen atoms in total. The van der Waals surface area contributed by atoms with Crippen LogP contribution < -0.4 is 20.3 Å². The molecule has 1 N–H and O–H groups in total. The van der Waals surface area contributed by atoms with E-state index in [1.807, 2.05) is 48.1 Å². The van der Waals surface area contributed by atoms with Gasteiger partial charge < -0.3 is 29.0 Å². The number of fused-ring (bicyclic) bond motifs is 1. The normalized spacial score (nSPS) is 14.8. The van der Waals surface area contributed by atoms with Gasteiger partial charge in [0.2, 0.25) is 0 Å². The summed E-state index contributed by atoms with van der Waals surface area (Å²) < 4.78 is 20.8. The minimum absolute atomic E-state index is 0.535. The molecule has 0 radical (unpaired) electrons. The molecule has 2 aromatic carbocycles. The molecule has 0 spiro atoms. The summed E-state index contributed by atoms with van der Waals surface area (Å²) in [6.07, 6.45) is 2.52. The van der Waals surface area contributed by atoms with Crippen LogP contribution in [0.25, 0.3) is 11.0 Å². The Morgan fingerprint density at radius 2 is 1.76 bits per heavy atom. The highest BCUT2D eigenvalue weighted by molar-refractivity contribution is 7.70. The molecule has 0 saturated carbocycles. The average molecular weight is 519 g/mol. The van der Waals surface area contributed by atoms with Crippen molar-refractivity contribution in [3.05, 3.63) is 66.1 Å². The van der Waals surface area contributed by atoms with Gasteiger partial charge in [0.05, 0.1) is 18.3 Å². The van der Waals surface area contributed by atoms with Crippen molar-refractivity contribution in [1.82, 2.24) is 19.4 Å². The molecule has 0 unspecified atom stereocenters. The maximum Gasteiger partial charge on any atom is 0.158 e. The van der Waals surface area contributed by atoms with Gasteiger partial charge in [-0.25, -0.2) is 9.97 Å². The zero-order valence-corrected chi connectivity index (χ0v) is 23.1.